The third kappa shape index (κ3) is 2.63. The van der Waals surface area contributed by atoms with Crippen molar-refractivity contribution in [1.82, 2.24) is 5.32 Å². The summed E-state index contributed by atoms with van der Waals surface area (Å²) in [6.07, 6.45) is 3.77. The smallest absolute Gasteiger partial charge is 0.127 e. The second-order valence-corrected chi connectivity index (χ2v) is 5.90. The van der Waals surface area contributed by atoms with Gasteiger partial charge in [0, 0.05) is 16.5 Å². The van der Waals surface area contributed by atoms with Gasteiger partial charge in [0.2, 0.25) is 0 Å². The van der Waals surface area contributed by atoms with Crippen molar-refractivity contribution in [2.24, 2.45) is 0 Å². The Kier molecular flexibility index (Phi) is 4.13. The summed E-state index contributed by atoms with van der Waals surface area (Å²) in [6.45, 7) is 3.86. The minimum Gasteiger partial charge on any atom is -0.493 e. The molecule has 20 heavy (non-hydrogen) atoms. The summed E-state index contributed by atoms with van der Waals surface area (Å²) in [6, 6.07) is 8.24. The molecule has 1 atom stereocenters. The van der Waals surface area contributed by atoms with Gasteiger partial charge in [-0.25, -0.2) is 0 Å². The van der Waals surface area contributed by atoms with Crippen LogP contribution in [0.25, 0.3) is 0 Å². The maximum atomic E-state index is 5.84. The van der Waals surface area contributed by atoms with Crippen LogP contribution in [-0.4, -0.2) is 13.2 Å². The standard InChI is InChI=1S/C16H18BrNO2/c1-2-6-18-15(14-4-3-7-19-14)13-10-12(17)9-11-5-8-20-16(11)13/h3-4,7,9-10,15,18H,2,5-6,8H2,1H3. The highest BCUT2D eigenvalue weighted by Gasteiger charge is 2.25. The Morgan fingerprint density at radius 3 is 3.05 bits per heavy atom. The molecule has 2 aromatic rings. The molecule has 0 spiro atoms. The van der Waals surface area contributed by atoms with Crippen LogP contribution in [0.15, 0.2) is 39.4 Å². The van der Waals surface area contributed by atoms with E-state index in [1.54, 1.807) is 6.26 Å². The van der Waals surface area contributed by atoms with Gasteiger partial charge in [0.25, 0.3) is 0 Å². The molecule has 1 aliphatic rings. The van der Waals surface area contributed by atoms with Gasteiger partial charge in [-0.15, -0.1) is 0 Å². The van der Waals surface area contributed by atoms with Gasteiger partial charge in [-0.2, -0.15) is 0 Å². The summed E-state index contributed by atoms with van der Waals surface area (Å²) in [4.78, 5) is 0. The number of fused-ring (bicyclic) bond motifs is 1. The van der Waals surface area contributed by atoms with Gasteiger partial charge < -0.3 is 14.5 Å². The molecule has 3 rings (SSSR count). The minimum atomic E-state index is 0.0364. The Labute approximate surface area is 127 Å². The number of ether oxygens (including phenoxy) is 1. The predicted octanol–water partition coefficient (Wildman–Crippen LogP) is 4.07. The Bertz CT molecular complexity index is 580. The first-order valence-corrected chi connectivity index (χ1v) is 7.80. The Morgan fingerprint density at radius 1 is 1.40 bits per heavy atom. The zero-order valence-electron chi connectivity index (χ0n) is 11.5. The van der Waals surface area contributed by atoms with E-state index in [1.165, 1.54) is 5.56 Å². The van der Waals surface area contributed by atoms with E-state index in [1.807, 2.05) is 12.1 Å². The normalized spacial score (nSPS) is 14.9. The van der Waals surface area contributed by atoms with Crippen molar-refractivity contribution in [3.63, 3.8) is 0 Å². The molecule has 0 aliphatic carbocycles. The highest BCUT2D eigenvalue weighted by molar-refractivity contribution is 9.10. The van der Waals surface area contributed by atoms with Gasteiger partial charge >= 0.3 is 0 Å². The summed E-state index contributed by atoms with van der Waals surface area (Å²) < 4.78 is 12.5. The molecule has 0 saturated carbocycles. The van der Waals surface area contributed by atoms with Crippen LogP contribution in [0.2, 0.25) is 0 Å². The molecule has 0 radical (unpaired) electrons. The van der Waals surface area contributed by atoms with E-state index in [0.717, 1.165) is 47.5 Å². The molecule has 0 fully saturated rings. The van der Waals surface area contributed by atoms with E-state index in [2.05, 4.69) is 40.3 Å². The van der Waals surface area contributed by atoms with Gasteiger partial charge in [-0.05, 0) is 42.8 Å². The van der Waals surface area contributed by atoms with Crippen molar-refractivity contribution in [2.75, 3.05) is 13.2 Å². The first kappa shape index (κ1) is 13.7. The van der Waals surface area contributed by atoms with E-state index >= 15 is 0 Å². The van der Waals surface area contributed by atoms with Crippen LogP contribution in [0, 0.1) is 0 Å². The summed E-state index contributed by atoms with van der Waals surface area (Å²) in [5.74, 6) is 1.94. The first-order chi connectivity index (χ1) is 9.79. The molecule has 4 heteroatoms. The number of hydrogen-bond donors (Lipinski definition) is 1. The lowest BCUT2D eigenvalue weighted by atomic mass is 10.00. The van der Waals surface area contributed by atoms with Gasteiger partial charge in [-0.1, -0.05) is 22.9 Å². The summed E-state index contributed by atoms with van der Waals surface area (Å²) in [5.41, 5.74) is 2.42. The van der Waals surface area contributed by atoms with Crippen LogP contribution in [0.5, 0.6) is 5.75 Å². The number of rotatable bonds is 5. The molecule has 1 aromatic heterocycles. The van der Waals surface area contributed by atoms with E-state index in [-0.39, 0.29) is 6.04 Å². The lowest BCUT2D eigenvalue weighted by molar-refractivity contribution is 0.347. The zero-order valence-corrected chi connectivity index (χ0v) is 13.1. The van der Waals surface area contributed by atoms with E-state index in [4.69, 9.17) is 9.15 Å². The van der Waals surface area contributed by atoms with Crippen molar-refractivity contribution in [3.8, 4) is 5.75 Å². The second kappa shape index (κ2) is 6.02. The fourth-order valence-electron chi connectivity index (χ4n) is 2.62. The second-order valence-electron chi connectivity index (χ2n) is 4.98. The molecule has 106 valence electrons. The average molecular weight is 336 g/mol. The van der Waals surface area contributed by atoms with Crippen molar-refractivity contribution < 1.29 is 9.15 Å². The molecule has 0 bridgehead atoms. The molecule has 3 nitrogen and oxygen atoms in total. The Hall–Kier alpha value is -1.26. The topological polar surface area (TPSA) is 34.4 Å². The third-order valence-corrected chi connectivity index (χ3v) is 3.97. The lowest BCUT2D eigenvalue weighted by Gasteiger charge is -2.19. The molecule has 2 heterocycles. The number of hydrogen-bond acceptors (Lipinski definition) is 3. The maximum Gasteiger partial charge on any atom is 0.127 e. The molecule has 0 amide bonds. The quantitative estimate of drug-likeness (QED) is 0.894. The molecular formula is C16H18BrNO2. The van der Waals surface area contributed by atoms with Crippen LogP contribution >= 0.6 is 15.9 Å². The number of furan rings is 1. The van der Waals surface area contributed by atoms with Gasteiger partial charge in [0.1, 0.15) is 11.5 Å². The van der Waals surface area contributed by atoms with E-state index in [0.29, 0.717) is 0 Å². The average Bonchev–Trinajstić information content (AvgIpc) is 3.09. The van der Waals surface area contributed by atoms with Crippen LogP contribution in [0.4, 0.5) is 0 Å². The van der Waals surface area contributed by atoms with Crippen molar-refractivity contribution >= 4 is 15.9 Å². The number of benzene rings is 1. The number of halogens is 1. The predicted molar refractivity (Wildman–Crippen MR) is 82.2 cm³/mol. The largest absolute Gasteiger partial charge is 0.493 e. The van der Waals surface area contributed by atoms with Crippen LogP contribution in [0.3, 0.4) is 0 Å². The molecular weight excluding hydrogens is 318 g/mol. The van der Waals surface area contributed by atoms with Gasteiger partial charge in [0.15, 0.2) is 0 Å². The monoisotopic (exact) mass is 335 g/mol. The molecule has 1 aliphatic heterocycles. The maximum absolute atomic E-state index is 5.84. The summed E-state index contributed by atoms with van der Waals surface area (Å²) in [7, 11) is 0. The SMILES string of the molecule is CCCNC(c1ccco1)c1cc(Br)cc2c1OCC2. The first-order valence-electron chi connectivity index (χ1n) is 7.01. The summed E-state index contributed by atoms with van der Waals surface area (Å²) in [5, 5.41) is 3.55. The van der Waals surface area contributed by atoms with Crippen molar-refractivity contribution in [3.05, 3.63) is 51.9 Å². The highest BCUT2D eigenvalue weighted by Crippen LogP contribution is 2.38. The van der Waals surface area contributed by atoms with Gasteiger partial charge in [-0.3, -0.25) is 0 Å². The Morgan fingerprint density at radius 2 is 2.30 bits per heavy atom. The molecule has 0 saturated heterocycles. The van der Waals surface area contributed by atoms with E-state index < -0.39 is 0 Å². The molecule has 1 unspecified atom stereocenters. The minimum absolute atomic E-state index is 0.0364. The van der Waals surface area contributed by atoms with E-state index in [9.17, 15) is 0 Å². The fraction of sp³-hybridized carbons (Fsp3) is 0.375. The summed E-state index contributed by atoms with van der Waals surface area (Å²) >= 11 is 3.60. The van der Waals surface area contributed by atoms with Crippen LogP contribution in [0.1, 0.15) is 36.3 Å². The highest BCUT2D eigenvalue weighted by atomic mass is 79.9. The third-order valence-electron chi connectivity index (χ3n) is 3.51. The molecule has 1 N–H and O–H groups in total. The Balaban J connectivity index is 2.03. The van der Waals surface area contributed by atoms with Crippen LogP contribution in [-0.2, 0) is 6.42 Å². The fourth-order valence-corrected chi connectivity index (χ4v) is 3.14. The van der Waals surface area contributed by atoms with Gasteiger partial charge in [0.05, 0.1) is 18.9 Å². The zero-order chi connectivity index (χ0) is 13.9. The lowest BCUT2D eigenvalue weighted by Crippen LogP contribution is -2.23. The number of nitrogens with one attached hydrogen (secondary N) is 1. The van der Waals surface area contributed by atoms with Crippen molar-refractivity contribution in [1.29, 1.82) is 0 Å². The van der Waals surface area contributed by atoms with Crippen molar-refractivity contribution in [2.45, 2.75) is 25.8 Å². The van der Waals surface area contributed by atoms with Crippen LogP contribution < -0.4 is 10.1 Å². The molecule has 1 aromatic carbocycles.